The SMILES string of the molecule is Cc1ccc(C(C)(C)Cc2oc(C(C)(C)C)cc2C)o1. The van der Waals surface area contributed by atoms with E-state index >= 15 is 0 Å². The zero-order chi connectivity index (χ0) is 15.1. The minimum Gasteiger partial charge on any atom is -0.466 e. The van der Waals surface area contributed by atoms with Crippen molar-refractivity contribution in [3.63, 3.8) is 0 Å². The van der Waals surface area contributed by atoms with Crippen molar-refractivity contribution in [3.05, 3.63) is 46.8 Å². The van der Waals surface area contributed by atoms with Crippen molar-refractivity contribution in [2.24, 2.45) is 0 Å². The molecule has 0 spiro atoms. The maximum atomic E-state index is 6.10. The first-order valence-corrected chi connectivity index (χ1v) is 7.26. The number of aryl methyl sites for hydroxylation is 2. The minimum atomic E-state index is -0.0635. The third kappa shape index (κ3) is 3.00. The molecule has 0 atom stereocenters. The Balaban J connectivity index is 2.28. The van der Waals surface area contributed by atoms with Gasteiger partial charge in [0, 0.05) is 17.3 Å². The van der Waals surface area contributed by atoms with Gasteiger partial charge in [0.1, 0.15) is 23.0 Å². The molecule has 2 heterocycles. The molecule has 0 bridgehead atoms. The predicted molar refractivity (Wildman–Crippen MR) is 82.3 cm³/mol. The molecular formula is C18H26O2. The summed E-state index contributed by atoms with van der Waals surface area (Å²) in [6.07, 6.45) is 0.849. The van der Waals surface area contributed by atoms with Crippen LogP contribution in [0.5, 0.6) is 0 Å². The summed E-state index contributed by atoms with van der Waals surface area (Å²) >= 11 is 0. The Morgan fingerprint density at radius 3 is 2.00 bits per heavy atom. The molecule has 2 nitrogen and oxygen atoms in total. The number of hydrogen-bond donors (Lipinski definition) is 0. The Morgan fingerprint density at radius 1 is 0.900 bits per heavy atom. The van der Waals surface area contributed by atoms with Gasteiger partial charge in [0.15, 0.2) is 0 Å². The molecule has 0 aliphatic rings. The molecular weight excluding hydrogens is 248 g/mol. The molecule has 2 rings (SSSR count). The number of furan rings is 2. The first-order valence-electron chi connectivity index (χ1n) is 7.26. The minimum absolute atomic E-state index is 0.0500. The lowest BCUT2D eigenvalue weighted by molar-refractivity contribution is 0.328. The molecule has 2 aromatic rings. The van der Waals surface area contributed by atoms with E-state index in [1.165, 1.54) is 5.56 Å². The fourth-order valence-electron chi connectivity index (χ4n) is 2.35. The number of hydrogen-bond acceptors (Lipinski definition) is 2. The Hall–Kier alpha value is -1.44. The van der Waals surface area contributed by atoms with Crippen molar-refractivity contribution in [2.75, 3.05) is 0 Å². The highest BCUT2D eigenvalue weighted by atomic mass is 16.3. The second-order valence-electron chi connectivity index (χ2n) is 7.44. The van der Waals surface area contributed by atoms with Gasteiger partial charge in [-0.05, 0) is 37.6 Å². The van der Waals surface area contributed by atoms with Gasteiger partial charge in [-0.25, -0.2) is 0 Å². The van der Waals surface area contributed by atoms with Gasteiger partial charge in [-0.3, -0.25) is 0 Å². The Kier molecular flexibility index (Phi) is 3.62. The largest absolute Gasteiger partial charge is 0.466 e. The molecule has 2 aromatic heterocycles. The molecule has 0 fully saturated rings. The third-order valence-electron chi connectivity index (χ3n) is 3.77. The molecule has 2 heteroatoms. The van der Waals surface area contributed by atoms with Crippen LogP contribution in [0.1, 0.15) is 63.2 Å². The second-order valence-corrected chi connectivity index (χ2v) is 7.44. The van der Waals surface area contributed by atoms with Crippen molar-refractivity contribution >= 4 is 0 Å². The van der Waals surface area contributed by atoms with E-state index in [1.807, 2.05) is 13.0 Å². The van der Waals surface area contributed by atoms with E-state index in [0.717, 1.165) is 29.5 Å². The van der Waals surface area contributed by atoms with Crippen molar-refractivity contribution in [1.29, 1.82) is 0 Å². The molecule has 20 heavy (non-hydrogen) atoms. The lowest BCUT2D eigenvalue weighted by Gasteiger charge is -2.21. The highest BCUT2D eigenvalue weighted by Crippen LogP contribution is 2.33. The van der Waals surface area contributed by atoms with Gasteiger partial charge < -0.3 is 8.83 Å². The van der Waals surface area contributed by atoms with Crippen LogP contribution in [0.3, 0.4) is 0 Å². The summed E-state index contributed by atoms with van der Waals surface area (Å²) in [4.78, 5) is 0. The molecule has 0 unspecified atom stereocenters. The summed E-state index contributed by atoms with van der Waals surface area (Å²) < 4.78 is 11.9. The van der Waals surface area contributed by atoms with Crippen LogP contribution >= 0.6 is 0 Å². The molecule has 0 saturated heterocycles. The summed E-state index contributed by atoms with van der Waals surface area (Å²) in [5, 5.41) is 0. The summed E-state index contributed by atoms with van der Waals surface area (Å²) in [5.41, 5.74) is 1.21. The van der Waals surface area contributed by atoms with Crippen LogP contribution in [0.4, 0.5) is 0 Å². The van der Waals surface area contributed by atoms with Crippen molar-refractivity contribution in [1.82, 2.24) is 0 Å². The van der Waals surface area contributed by atoms with E-state index in [4.69, 9.17) is 8.83 Å². The monoisotopic (exact) mass is 274 g/mol. The zero-order valence-corrected chi connectivity index (χ0v) is 13.8. The normalized spacial score (nSPS) is 12.9. The quantitative estimate of drug-likeness (QED) is 0.758. The predicted octanol–water partition coefficient (Wildman–Crippen LogP) is 5.31. The maximum absolute atomic E-state index is 6.10. The zero-order valence-electron chi connectivity index (χ0n) is 13.8. The Labute approximate surface area is 122 Å². The van der Waals surface area contributed by atoms with Crippen molar-refractivity contribution in [3.8, 4) is 0 Å². The van der Waals surface area contributed by atoms with E-state index in [-0.39, 0.29) is 10.8 Å². The maximum Gasteiger partial charge on any atom is 0.110 e. The van der Waals surface area contributed by atoms with Crippen LogP contribution in [-0.2, 0) is 17.3 Å². The van der Waals surface area contributed by atoms with Crippen molar-refractivity contribution in [2.45, 2.75) is 65.7 Å². The topological polar surface area (TPSA) is 26.3 Å². The highest BCUT2D eigenvalue weighted by molar-refractivity contribution is 5.27. The molecule has 0 aliphatic carbocycles. The number of rotatable bonds is 3. The van der Waals surface area contributed by atoms with Gasteiger partial charge in [0.25, 0.3) is 0 Å². The molecule has 0 amide bonds. The molecule has 0 saturated carbocycles. The van der Waals surface area contributed by atoms with E-state index in [0.29, 0.717) is 0 Å². The molecule has 0 radical (unpaired) electrons. The van der Waals surface area contributed by atoms with Crippen molar-refractivity contribution < 1.29 is 8.83 Å². The fraction of sp³-hybridized carbons (Fsp3) is 0.556. The Morgan fingerprint density at radius 2 is 1.55 bits per heavy atom. The van der Waals surface area contributed by atoms with E-state index in [1.54, 1.807) is 0 Å². The van der Waals surface area contributed by atoms with Crippen LogP contribution in [0.15, 0.2) is 27.0 Å². The molecule has 0 aliphatic heterocycles. The van der Waals surface area contributed by atoms with Crippen LogP contribution in [-0.4, -0.2) is 0 Å². The molecule has 0 aromatic carbocycles. The third-order valence-corrected chi connectivity index (χ3v) is 3.77. The smallest absolute Gasteiger partial charge is 0.110 e. The van der Waals surface area contributed by atoms with E-state index in [9.17, 15) is 0 Å². The van der Waals surface area contributed by atoms with Gasteiger partial charge in [-0.15, -0.1) is 0 Å². The van der Waals surface area contributed by atoms with Crippen LogP contribution < -0.4 is 0 Å². The fourth-order valence-corrected chi connectivity index (χ4v) is 2.35. The van der Waals surface area contributed by atoms with Gasteiger partial charge in [-0.2, -0.15) is 0 Å². The van der Waals surface area contributed by atoms with E-state index < -0.39 is 0 Å². The van der Waals surface area contributed by atoms with Gasteiger partial charge in [-0.1, -0.05) is 34.6 Å². The van der Waals surface area contributed by atoms with Gasteiger partial charge in [0.05, 0.1) is 0 Å². The summed E-state index contributed by atoms with van der Waals surface area (Å²) in [7, 11) is 0. The van der Waals surface area contributed by atoms with Crippen LogP contribution in [0, 0.1) is 13.8 Å². The first kappa shape index (κ1) is 15.0. The standard InChI is InChI=1S/C18H26O2/c1-12-10-16(17(3,4)5)20-14(12)11-18(6,7)15-9-8-13(2)19-15/h8-10H,11H2,1-7H3. The molecule has 0 N–H and O–H groups in total. The summed E-state index contributed by atoms with van der Waals surface area (Å²) in [5.74, 6) is 4.09. The van der Waals surface area contributed by atoms with Crippen LogP contribution in [0.25, 0.3) is 0 Å². The lowest BCUT2D eigenvalue weighted by Crippen LogP contribution is -2.20. The van der Waals surface area contributed by atoms with Crippen LogP contribution in [0.2, 0.25) is 0 Å². The van der Waals surface area contributed by atoms with Gasteiger partial charge in [0.2, 0.25) is 0 Å². The summed E-state index contributed by atoms with van der Waals surface area (Å²) in [6.45, 7) is 15.0. The second kappa shape index (κ2) is 4.83. The van der Waals surface area contributed by atoms with Gasteiger partial charge >= 0.3 is 0 Å². The highest BCUT2D eigenvalue weighted by Gasteiger charge is 2.28. The first-order chi connectivity index (χ1) is 9.09. The Bertz CT molecular complexity index is 591. The molecule has 110 valence electrons. The average molecular weight is 274 g/mol. The summed E-state index contributed by atoms with van der Waals surface area (Å²) in [6, 6.07) is 6.25. The average Bonchev–Trinajstić information content (AvgIpc) is 2.85. The van der Waals surface area contributed by atoms with E-state index in [2.05, 4.69) is 53.7 Å². The lowest BCUT2D eigenvalue weighted by atomic mass is 9.85.